The number of anilines is 2. The third-order valence-electron chi connectivity index (χ3n) is 5.68. The van der Waals surface area contributed by atoms with E-state index in [0.29, 0.717) is 11.4 Å². The van der Waals surface area contributed by atoms with Gasteiger partial charge in [-0.15, -0.1) is 0 Å². The Morgan fingerprint density at radius 2 is 1.55 bits per heavy atom. The van der Waals surface area contributed by atoms with Crippen LogP contribution >= 0.6 is 11.8 Å². The zero-order chi connectivity index (χ0) is 27.1. The summed E-state index contributed by atoms with van der Waals surface area (Å²) in [5, 5.41) is 2.89. The van der Waals surface area contributed by atoms with E-state index in [2.05, 4.69) is 5.32 Å². The molecule has 0 aliphatic carbocycles. The molecule has 1 N–H and O–H groups in total. The summed E-state index contributed by atoms with van der Waals surface area (Å²) >= 11 is 1.50. The number of nitrogens with one attached hydrogen (secondary N) is 1. The van der Waals surface area contributed by atoms with E-state index in [9.17, 15) is 13.2 Å². The predicted octanol–water partition coefficient (Wildman–Crippen LogP) is 6.00. The van der Waals surface area contributed by atoms with Gasteiger partial charge in [-0.25, -0.2) is 8.42 Å². The fraction of sp³-hybridized carbons (Fsp3) is 0.138. The lowest BCUT2D eigenvalue weighted by atomic mass is 10.2. The summed E-state index contributed by atoms with van der Waals surface area (Å²) < 4.78 is 39.4. The summed E-state index contributed by atoms with van der Waals surface area (Å²) in [6, 6.07) is 28.4. The fourth-order valence-corrected chi connectivity index (χ4v) is 6.08. The molecule has 0 saturated carbocycles. The number of hydrogen-bond acceptors (Lipinski definition) is 6. The molecular weight excluding hydrogens is 520 g/mol. The van der Waals surface area contributed by atoms with Crippen LogP contribution in [-0.2, 0) is 14.8 Å². The average Bonchev–Trinajstić information content (AvgIpc) is 2.93. The number of carbonyl (C=O) groups excluding carboxylic acids is 1. The Balaban J connectivity index is 1.68. The van der Waals surface area contributed by atoms with Crippen molar-refractivity contribution in [3.05, 3.63) is 103 Å². The monoisotopic (exact) mass is 548 g/mol. The molecule has 1 amide bonds. The Kier molecular flexibility index (Phi) is 8.60. The third kappa shape index (κ3) is 6.30. The van der Waals surface area contributed by atoms with Crippen LogP contribution in [0.4, 0.5) is 11.4 Å². The Morgan fingerprint density at radius 3 is 2.24 bits per heavy atom. The second kappa shape index (κ2) is 12.1. The van der Waals surface area contributed by atoms with Gasteiger partial charge in [-0.2, -0.15) is 0 Å². The van der Waals surface area contributed by atoms with Gasteiger partial charge in [-0.1, -0.05) is 59.8 Å². The number of sulfonamides is 1. The third-order valence-corrected chi connectivity index (χ3v) is 8.54. The van der Waals surface area contributed by atoms with E-state index in [0.717, 1.165) is 19.7 Å². The van der Waals surface area contributed by atoms with Crippen molar-refractivity contribution in [3.8, 4) is 11.5 Å². The van der Waals surface area contributed by atoms with Crippen LogP contribution in [0.1, 0.15) is 5.56 Å². The van der Waals surface area contributed by atoms with Crippen molar-refractivity contribution in [1.29, 1.82) is 0 Å². The van der Waals surface area contributed by atoms with E-state index in [-0.39, 0.29) is 16.3 Å². The van der Waals surface area contributed by atoms with E-state index < -0.39 is 22.5 Å². The highest BCUT2D eigenvalue weighted by atomic mass is 32.2. The first kappa shape index (κ1) is 27.1. The minimum absolute atomic E-state index is 0.0637. The maximum absolute atomic E-state index is 13.8. The second-order valence-electron chi connectivity index (χ2n) is 8.32. The van der Waals surface area contributed by atoms with Gasteiger partial charge in [0.15, 0.2) is 0 Å². The first-order chi connectivity index (χ1) is 18.3. The Labute approximate surface area is 227 Å². The summed E-state index contributed by atoms with van der Waals surface area (Å²) in [6.45, 7) is 1.41. The number of rotatable bonds is 10. The number of para-hydroxylation sites is 1. The SMILES string of the molecule is COc1ccc(N(CC(=O)Nc2ccccc2Sc2ccccc2)S(=O)(=O)c2ccc(C)cc2)c(OC)c1. The quantitative estimate of drug-likeness (QED) is 0.262. The zero-order valence-electron chi connectivity index (χ0n) is 21.2. The average molecular weight is 549 g/mol. The molecule has 4 aromatic rings. The van der Waals surface area contributed by atoms with Gasteiger partial charge in [0.05, 0.1) is 30.5 Å². The van der Waals surface area contributed by atoms with Crippen LogP contribution in [-0.4, -0.2) is 35.1 Å². The molecule has 0 spiro atoms. The van der Waals surface area contributed by atoms with E-state index in [1.54, 1.807) is 36.4 Å². The molecule has 0 atom stereocenters. The molecule has 0 heterocycles. The number of nitrogens with zero attached hydrogens (tertiary/aromatic N) is 1. The highest BCUT2D eigenvalue weighted by Crippen LogP contribution is 2.36. The first-order valence-corrected chi connectivity index (χ1v) is 14.0. The summed E-state index contributed by atoms with van der Waals surface area (Å²) in [6.07, 6.45) is 0. The lowest BCUT2D eigenvalue weighted by molar-refractivity contribution is -0.114. The topological polar surface area (TPSA) is 84.9 Å². The fourth-order valence-electron chi connectivity index (χ4n) is 3.72. The van der Waals surface area contributed by atoms with Crippen molar-refractivity contribution in [1.82, 2.24) is 0 Å². The van der Waals surface area contributed by atoms with Gasteiger partial charge >= 0.3 is 0 Å². The molecule has 0 bridgehead atoms. The van der Waals surface area contributed by atoms with Gasteiger partial charge in [-0.3, -0.25) is 9.10 Å². The molecule has 4 aromatic carbocycles. The number of amides is 1. The normalized spacial score (nSPS) is 11.0. The van der Waals surface area contributed by atoms with Gasteiger partial charge in [-0.05, 0) is 55.5 Å². The molecule has 4 rings (SSSR count). The second-order valence-corrected chi connectivity index (χ2v) is 11.3. The van der Waals surface area contributed by atoms with Crippen LogP contribution in [0.5, 0.6) is 11.5 Å². The minimum Gasteiger partial charge on any atom is -0.497 e. The minimum atomic E-state index is -4.12. The van der Waals surface area contributed by atoms with Crippen LogP contribution in [0.3, 0.4) is 0 Å². The van der Waals surface area contributed by atoms with Crippen LogP contribution in [0.15, 0.2) is 112 Å². The summed E-state index contributed by atoms with van der Waals surface area (Å²) in [5.41, 5.74) is 1.72. The lowest BCUT2D eigenvalue weighted by Crippen LogP contribution is -2.38. The highest BCUT2D eigenvalue weighted by Gasteiger charge is 2.30. The van der Waals surface area contributed by atoms with E-state index in [1.807, 2.05) is 55.5 Å². The molecule has 0 aliphatic rings. The summed E-state index contributed by atoms with van der Waals surface area (Å²) in [5.74, 6) is 0.252. The number of methoxy groups -OCH3 is 2. The molecule has 0 saturated heterocycles. The van der Waals surface area contributed by atoms with Gasteiger partial charge in [0, 0.05) is 15.9 Å². The Bertz CT molecular complexity index is 1510. The number of ether oxygens (including phenoxy) is 2. The van der Waals surface area contributed by atoms with Gasteiger partial charge < -0.3 is 14.8 Å². The summed E-state index contributed by atoms with van der Waals surface area (Å²) in [7, 11) is -1.18. The van der Waals surface area contributed by atoms with E-state index in [1.165, 1.54) is 38.1 Å². The number of carbonyl (C=O) groups is 1. The molecule has 38 heavy (non-hydrogen) atoms. The maximum atomic E-state index is 13.8. The van der Waals surface area contributed by atoms with Crippen LogP contribution in [0.2, 0.25) is 0 Å². The van der Waals surface area contributed by atoms with Crippen molar-refractivity contribution in [3.63, 3.8) is 0 Å². The highest BCUT2D eigenvalue weighted by molar-refractivity contribution is 7.99. The van der Waals surface area contributed by atoms with Crippen molar-refractivity contribution in [2.45, 2.75) is 21.6 Å². The molecule has 9 heteroatoms. The van der Waals surface area contributed by atoms with Crippen LogP contribution in [0, 0.1) is 6.92 Å². The van der Waals surface area contributed by atoms with E-state index >= 15 is 0 Å². The van der Waals surface area contributed by atoms with Crippen molar-refractivity contribution >= 4 is 39.1 Å². The van der Waals surface area contributed by atoms with E-state index in [4.69, 9.17) is 9.47 Å². The molecule has 7 nitrogen and oxygen atoms in total. The number of hydrogen-bond donors (Lipinski definition) is 1. The molecular formula is C29H28N2O5S2. The van der Waals surface area contributed by atoms with Gasteiger partial charge in [0.25, 0.3) is 10.0 Å². The largest absolute Gasteiger partial charge is 0.497 e. The lowest BCUT2D eigenvalue weighted by Gasteiger charge is -2.26. The zero-order valence-corrected chi connectivity index (χ0v) is 22.9. The molecule has 0 radical (unpaired) electrons. The van der Waals surface area contributed by atoms with Crippen molar-refractivity contribution in [2.75, 3.05) is 30.4 Å². The van der Waals surface area contributed by atoms with Gasteiger partial charge in [0.2, 0.25) is 5.91 Å². The van der Waals surface area contributed by atoms with Crippen LogP contribution < -0.4 is 19.1 Å². The Hall–Kier alpha value is -3.95. The molecule has 196 valence electrons. The van der Waals surface area contributed by atoms with Crippen molar-refractivity contribution in [2.24, 2.45) is 0 Å². The smallest absolute Gasteiger partial charge is 0.264 e. The Morgan fingerprint density at radius 1 is 0.868 bits per heavy atom. The first-order valence-electron chi connectivity index (χ1n) is 11.7. The molecule has 0 aromatic heterocycles. The number of aryl methyl sites for hydroxylation is 1. The standard InChI is InChI=1S/C29H28N2O5S2/c1-21-13-16-24(17-14-21)38(33,34)31(26-18-15-22(35-2)19-27(26)36-3)20-29(32)30-25-11-7-8-12-28(25)37-23-9-5-4-6-10-23/h4-19H,20H2,1-3H3,(H,30,32). The van der Waals surface area contributed by atoms with Crippen molar-refractivity contribution < 1.29 is 22.7 Å². The van der Waals surface area contributed by atoms with Gasteiger partial charge in [0.1, 0.15) is 18.0 Å². The predicted molar refractivity (Wildman–Crippen MR) is 151 cm³/mol. The molecule has 0 fully saturated rings. The molecule has 0 aliphatic heterocycles. The maximum Gasteiger partial charge on any atom is 0.264 e. The van der Waals surface area contributed by atoms with Crippen LogP contribution in [0.25, 0.3) is 0 Å². The number of benzene rings is 4. The summed E-state index contributed by atoms with van der Waals surface area (Å²) in [4.78, 5) is 15.3. The molecule has 0 unspecified atom stereocenters.